The van der Waals surface area contributed by atoms with E-state index >= 15 is 0 Å². The summed E-state index contributed by atoms with van der Waals surface area (Å²) in [5.41, 5.74) is -0.486. The Morgan fingerprint density at radius 3 is 2.58 bits per heavy atom. The van der Waals surface area contributed by atoms with E-state index in [1.165, 1.54) is 18.0 Å². The van der Waals surface area contributed by atoms with Gasteiger partial charge in [0.05, 0.1) is 0 Å². The molecule has 1 aliphatic rings. The van der Waals surface area contributed by atoms with Crippen molar-refractivity contribution in [2.45, 2.75) is 25.4 Å². The van der Waals surface area contributed by atoms with Gasteiger partial charge >= 0.3 is 6.18 Å². The maximum Gasteiger partial charge on any atom is 0.430 e. The molecule has 0 radical (unpaired) electrons. The van der Waals surface area contributed by atoms with Crippen LogP contribution in [0.15, 0.2) is 11.8 Å². The van der Waals surface area contributed by atoms with Crippen LogP contribution in [0.3, 0.4) is 0 Å². The molecular weight excluding hydrogens is 167 g/mol. The molecule has 0 spiro atoms. The van der Waals surface area contributed by atoms with E-state index in [-0.39, 0.29) is 0 Å². The van der Waals surface area contributed by atoms with Gasteiger partial charge in [-0.25, -0.2) is 0 Å². The molecule has 0 fully saturated rings. The highest BCUT2D eigenvalue weighted by Crippen LogP contribution is 2.29. The highest BCUT2D eigenvalue weighted by Gasteiger charge is 2.36. The Kier molecular flexibility index (Phi) is 2.65. The van der Waals surface area contributed by atoms with E-state index in [0.29, 0.717) is 13.0 Å². The minimum atomic E-state index is -4.18. The van der Waals surface area contributed by atoms with E-state index in [9.17, 15) is 13.2 Å². The predicted molar refractivity (Wildman–Crippen MR) is 40.6 cm³/mol. The molecule has 4 heteroatoms. The zero-order valence-corrected chi connectivity index (χ0v) is 6.99. The lowest BCUT2D eigenvalue weighted by Crippen LogP contribution is -2.28. The van der Waals surface area contributed by atoms with Crippen molar-refractivity contribution in [1.29, 1.82) is 0 Å². The van der Waals surface area contributed by atoms with Gasteiger partial charge in [0.15, 0.2) is 0 Å². The quantitative estimate of drug-likeness (QED) is 0.552. The second-order valence-corrected chi connectivity index (χ2v) is 3.00. The first-order chi connectivity index (χ1) is 5.52. The Morgan fingerprint density at radius 2 is 2.00 bits per heavy atom. The second-order valence-electron chi connectivity index (χ2n) is 3.00. The number of hydrogen-bond donors (Lipinski definition) is 0. The number of rotatable bonds is 0. The van der Waals surface area contributed by atoms with Crippen LogP contribution < -0.4 is 0 Å². The predicted octanol–water partition coefficient (Wildman–Crippen LogP) is 2.55. The van der Waals surface area contributed by atoms with Crippen LogP contribution in [-0.4, -0.2) is 24.7 Å². The van der Waals surface area contributed by atoms with Crippen molar-refractivity contribution >= 4 is 0 Å². The fourth-order valence-electron chi connectivity index (χ4n) is 1.34. The zero-order chi connectivity index (χ0) is 9.19. The van der Waals surface area contributed by atoms with Crippen LogP contribution in [0.25, 0.3) is 0 Å². The van der Waals surface area contributed by atoms with Gasteiger partial charge < -0.3 is 4.90 Å². The maximum atomic E-state index is 12.3. The van der Waals surface area contributed by atoms with E-state index in [4.69, 9.17) is 0 Å². The number of allylic oxidation sites excluding steroid dienone is 2. The first kappa shape index (κ1) is 9.42. The molecule has 12 heavy (non-hydrogen) atoms. The van der Waals surface area contributed by atoms with Crippen molar-refractivity contribution in [3.05, 3.63) is 11.8 Å². The Labute approximate surface area is 69.9 Å². The number of hydrogen-bond acceptors (Lipinski definition) is 1. The molecule has 1 heterocycles. The highest BCUT2D eigenvalue weighted by molar-refractivity contribution is 5.08. The first-order valence-electron chi connectivity index (χ1n) is 4.00. The van der Waals surface area contributed by atoms with Crippen molar-refractivity contribution in [2.75, 3.05) is 13.6 Å². The lowest BCUT2D eigenvalue weighted by atomic mass is 10.2. The standard InChI is InChI=1S/C8H12F3N/c1-12-6-4-2-3-5-7(12)8(9,10)11/h5H,2-4,6H2,1H3. The van der Waals surface area contributed by atoms with Crippen LogP contribution in [0.5, 0.6) is 0 Å². The fraction of sp³-hybridized carbons (Fsp3) is 0.750. The van der Waals surface area contributed by atoms with Gasteiger partial charge in [0.25, 0.3) is 0 Å². The van der Waals surface area contributed by atoms with Gasteiger partial charge in [-0.2, -0.15) is 13.2 Å². The Balaban J connectivity index is 2.76. The summed E-state index contributed by atoms with van der Waals surface area (Å²) in [5.74, 6) is 0. The van der Waals surface area contributed by atoms with Gasteiger partial charge in [-0.3, -0.25) is 0 Å². The van der Waals surface area contributed by atoms with E-state index < -0.39 is 11.9 Å². The van der Waals surface area contributed by atoms with Crippen LogP contribution in [0.2, 0.25) is 0 Å². The van der Waals surface area contributed by atoms with Crippen molar-refractivity contribution in [2.24, 2.45) is 0 Å². The van der Waals surface area contributed by atoms with Crippen molar-refractivity contribution in [1.82, 2.24) is 4.90 Å². The normalized spacial score (nSPS) is 20.3. The maximum absolute atomic E-state index is 12.3. The lowest BCUT2D eigenvalue weighted by Gasteiger charge is -2.22. The fourth-order valence-corrected chi connectivity index (χ4v) is 1.34. The third kappa shape index (κ3) is 2.16. The molecule has 0 saturated carbocycles. The van der Waals surface area contributed by atoms with E-state index in [2.05, 4.69) is 0 Å². The van der Waals surface area contributed by atoms with Gasteiger partial charge in [-0.15, -0.1) is 0 Å². The summed E-state index contributed by atoms with van der Waals surface area (Å²) < 4.78 is 36.8. The van der Waals surface area contributed by atoms with Crippen LogP contribution >= 0.6 is 0 Å². The molecule has 0 N–H and O–H groups in total. The number of nitrogens with zero attached hydrogens (tertiary/aromatic N) is 1. The van der Waals surface area contributed by atoms with E-state index in [1.54, 1.807) is 0 Å². The number of alkyl halides is 3. The van der Waals surface area contributed by atoms with E-state index in [1.807, 2.05) is 0 Å². The molecule has 0 aromatic rings. The van der Waals surface area contributed by atoms with Gasteiger partial charge in [-0.1, -0.05) is 6.08 Å². The minimum absolute atomic E-state index is 0.486. The summed E-state index contributed by atoms with van der Waals surface area (Å²) in [6, 6.07) is 0. The summed E-state index contributed by atoms with van der Waals surface area (Å²) in [6.45, 7) is 0.505. The summed E-state index contributed by atoms with van der Waals surface area (Å²) in [5, 5.41) is 0. The summed E-state index contributed by atoms with van der Waals surface area (Å²) >= 11 is 0. The molecule has 1 nitrogen and oxygen atoms in total. The molecule has 0 aromatic heterocycles. The first-order valence-corrected chi connectivity index (χ1v) is 4.00. The lowest BCUT2D eigenvalue weighted by molar-refractivity contribution is -0.109. The van der Waals surface area contributed by atoms with Crippen molar-refractivity contribution in [3.63, 3.8) is 0 Å². The zero-order valence-electron chi connectivity index (χ0n) is 6.99. The largest absolute Gasteiger partial charge is 0.430 e. The van der Waals surface area contributed by atoms with Crippen molar-refractivity contribution in [3.8, 4) is 0 Å². The van der Waals surface area contributed by atoms with Crippen LogP contribution in [0.4, 0.5) is 13.2 Å². The molecule has 0 saturated heterocycles. The molecule has 1 rings (SSSR count). The average molecular weight is 179 g/mol. The SMILES string of the molecule is CN1CCCCC=C1C(F)(F)F. The molecule has 0 bridgehead atoms. The molecule has 0 atom stereocenters. The van der Waals surface area contributed by atoms with Crippen molar-refractivity contribution < 1.29 is 13.2 Å². The Morgan fingerprint density at radius 1 is 1.33 bits per heavy atom. The summed E-state index contributed by atoms with van der Waals surface area (Å²) in [6.07, 6.45) is -0.665. The second kappa shape index (κ2) is 3.37. The topological polar surface area (TPSA) is 3.24 Å². The molecule has 70 valence electrons. The molecule has 0 amide bonds. The molecule has 0 aliphatic carbocycles. The minimum Gasteiger partial charge on any atom is -0.371 e. The van der Waals surface area contributed by atoms with Gasteiger partial charge in [0, 0.05) is 13.6 Å². The molecule has 0 aromatic carbocycles. The third-order valence-corrected chi connectivity index (χ3v) is 1.99. The smallest absolute Gasteiger partial charge is 0.371 e. The van der Waals surface area contributed by atoms with Crippen LogP contribution in [0, 0.1) is 0 Å². The van der Waals surface area contributed by atoms with Crippen LogP contribution in [0.1, 0.15) is 19.3 Å². The Bertz CT molecular complexity index is 183. The van der Waals surface area contributed by atoms with Gasteiger partial charge in [0.1, 0.15) is 5.70 Å². The Hall–Kier alpha value is -0.670. The molecule has 0 unspecified atom stereocenters. The van der Waals surface area contributed by atoms with E-state index in [0.717, 1.165) is 12.8 Å². The third-order valence-electron chi connectivity index (χ3n) is 1.99. The van der Waals surface area contributed by atoms with Gasteiger partial charge in [-0.05, 0) is 19.3 Å². The molecular formula is C8H12F3N. The highest BCUT2D eigenvalue weighted by atomic mass is 19.4. The monoisotopic (exact) mass is 179 g/mol. The summed E-state index contributed by atoms with van der Waals surface area (Å²) in [4.78, 5) is 1.28. The average Bonchev–Trinajstić information content (AvgIpc) is 2.11. The van der Waals surface area contributed by atoms with Crippen LogP contribution in [-0.2, 0) is 0 Å². The molecule has 1 aliphatic heterocycles. The summed E-state index contributed by atoms with van der Waals surface area (Å²) in [7, 11) is 1.49. The number of halogens is 3. The van der Waals surface area contributed by atoms with Gasteiger partial charge in [0.2, 0.25) is 0 Å².